The van der Waals surface area contributed by atoms with Crippen molar-refractivity contribution >= 4 is 51.6 Å². The minimum Gasteiger partial charge on any atom is -0.385 e. The van der Waals surface area contributed by atoms with Gasteiger partial charge in [0.05, 0.1) is 28.9 Å². The second kappa shape index (κ2) is 11.8. The van der Waals surface area contributed by atoms with E-state index in [9.17, 15) is 4.79 Å². The number of aromatic nitrogens is 2. The molecule has 1 aromatic carbocycles. The summed E-state index contributed by atoms with van der Waals surface area (Å²) in [6.45, 7) is 2.97. The second-order valence-corrected chi connectivity index (χ2v) is 9.26. The number of anilines is 2. The third-order valence-corrected chi connectivity index (χ3v) is 6.45. The van der Waals surface area contributed by atoms with Gasteiger partial charge in [-0.05, 0) is 49.7 Å². The summed E-state index contributed by atoms with van der Waals surface area (Å²) < 4.78 is 7.87. The van der Waals surface area contributed by atoms with E-state index < -0.39 is 0 Å². The smallest absolute Gasteiger partial charge is 0.280 e. The van der Waals surface area contributed by atoms with Crippen molar-refractivity contribution in [2.75, 3.05) is 24.4 Å². The van der Waals surface area contributed by atoms with Gasteiger partial charge in [0.1, 0.15) is 5.69 Å². The number of benzene rings is 1. The van der Waals surface area contributed by atoms with Crippen LogP contribution in [0.3, 0.4) is 0 Å². The lowest BCUT2D eigenvalue weighted by Gasteiger charge is -2.21. The topological polar surface area (TPSA) is 91.1 Å². The Morgan fingerprint density at radius 3 is 2.75 bits per heavy atom. The van der Waals surface area contributed by atoms with Crippen LogP contribution in [0.1, 0.15) is 33.0 Å². The minimum atomic E-state index is -0.225. The molecule has 0 aliphatic heterocycles. The van der Waals surface area contributed by atoms with E-state index in [1.807, 2.05) is 30.0 Å². The molecule has 0 saturated heterocycles. The maximum absolute atomic E-state index is 12.6. The molecule has 1 N–H and O–H groups in total. The molecule has 0 fully saturated rings. The quantitative estimate of drug-likeness (QED) is 0.313. The van der Waals surface area contributed by atoms with E-state index in [0.29, 0.717) is 34.6 Å². The molecule has 2 heterocycles. The fourth-order valence-electron chi connectivity index (χ4n) is 2.80. The van der Waals surface area contributed by atoms with Crippen molar-refractivity contribution < 1.29 is 9.53 Å². The van der Waals surface area contributed by atoms with Crippen LogP contribution in [0.4, 0.5) is 10.8 Å². The van der Waals surface area contributed by atoms with Gasteiger partial charge in [-0.1, -0.05) is 23.5 Å². The molecule has 7 nitrogen and oxygen atoms in total. The number of nitrogens with one attached hydrogen (secondary N) is 1. The summed E-state index contributed by atoms with van der Waals surface area (Å²) in [5, 5.41) is 10.3. The van der Waals surface area contributed by atoms with E-state index in [1.54, 1.807) is 31.5 Å². The Morgan fingerprint density at radius 1 is 1.31 bits per heavy atom. The zero-order valence-corrected chi connectivity index (χ0v) is 20.1. The van der Waals surface area contributed by atoms with Gasteiger partial charge in [0.15, 0.2) is 5.13 Å². The van der Waals surface area contributed by atoms with Crippen molar-refractivity contribution in [3.05, 3.63) is 69.4 Å². The number of carbonyl (C=O) groups excluding carboxylic acids is 1. The Hall–Kier alpha value is -2.64. The van der Waals surface area contributed by atoms with Gasteiger partial charge in [-0.25, -0.2) is 4.98 Å². The zero-order chi connectivity index (χ0) is 22.9. The highest BCUT2D eigenvalue weighted by molar-refractivity contribution is 7.97. The highest BCUT2D eigenvalue weighted by atomic mass is 35.5. The maximum atomic E-state index is 12.6. The summed E-state index contributed by atoms with van der Waals surface area (Å²) in [7, 11) is 1.66. The fourth-order valence-corrected chi connectivity index (χ4v) is 4.43. The molecule has 0 aliphatic carbocycles. The number of nitriles is 1. The standard InChI is InChI=1S/C22H22ClN5O2S2/c1-15-20(21(29)27-31-11-3-10-30-2)26-22(32-15)28(14-18-7-6-17(23)13-25-18)19-8-4-16(12-24)5-9-19/h4-9,13H,3,10-11,14H2,1-2H3,(H,27,29). The van der Waals surface area contributed by atoms with Crippen molar-refractivity contribution in [1.29, 1.82) is 5.26 Å². The number of rotatable bonds is 10. The van der Waals surface area contributed by atoms with Gasteiger partial charge < -0.3 is 9.64 Å². The molecule has 2 aromatic heterocycles. The molecule has 0 aliphatic rings. The Labute approximate surface area is 200 Å². The van der Waals surface area contributed by atoms with Gasteiger partial charge in [-0.3, -0.25) is 14.5 Å². The first kappa shape index (κ1) is 24.0. The monoisotopic (exact) mass is 487 g/mol. The van der Waals surface area contributed by atoms with Gasteiger partial charge in [-0.2, -0.15) is 5.26 Å². The number of carbonyl (C=O) groups is 1. The molecule has 0 bridgehead atoms. The predicted molar refractivity (Wildman–Crippen MR) is 130 cm³/mol. The average Bonchev–Trinajstić information content (AvgIpc) is 3.20. The molecule has 0 radical (unpaired) electrons. The van der Waals surface area contributed by atoms with E-state index in [-0.39, 0.29) is 5.91 Å². The van der Waals surface area contributed by atoms with E-state index in [2.05, 4.69) is 20.8 Å². The molecule has 0 unspecified atom stereocenters. The number of aryl methyl sites for hydroxylation is 1. The van der Waals surface area contributed by atoms with Crippen molar-refractivity contribution in [3.63, 3.8) is 0 Å². The lowest BCUT2D eigenvalue weighted by Crippen LogP contribution is -2.20. The molecule has 0 atom stereocenters. The molecule has 1 amide bonds. The highest BCUT2D eigenvalue weighted by Gasteiger charge is 2.21. The van der Waals surface area contributed by atoms with Gasteiger partial charge in [-0.15, -0.1) is 11.3 Å². The Balaban J connectivity index is 1.84. The number of methoxy groups -OCH3 is 1. The van der Waals surface area contributed by atoms with Gasteiger partial charge >= 0.3 is 0 Å². The number of thiazole rings is 1. The molecule has 166 valence electrons. The lowest BCUT2D eigenvalue weighted by molar-refractivity contribution is 0.0979. The van der Waals surface area contributed by atoms with E-state index in [0.717, 1.165) is 28.4 Å². The van der Waals surface area contributed by atoms with Crippen molar-refractivity contribution in [1.82, 2.24) is 14.7 Å². The fraction of sp³-hybridized carbons (Fsp3) is 0.273. The summed E-state index contributed by atoms with van der Waals surface area (Å²) in [4.78, 5) is 24.5. The van der Waals surface area contributed by atoms with E-state index >= 15 is 0 Å². The van der Waals surface area contributed by atoms with Crippen molar-refractivity contribution in [2.24, 2.45) is 0 Å². The molecule has 32 heavy (non-hydrogen) atoms. The van der Waals surface area contributed by atoms with E-state index in [1.165, 1.54) is 23.3 Å². The van der Waals surface area contributed by atoms with Crippen LogP contribution in [0.15, 0.2) is 42.6 Å². The van der Waals surface area contributed by atoms with Gasteiger partial charge in [0, 0.05) is 36.2 Å². The molecule has 0 saturated carbocycles. The first-order chi connectivity index (χ1) is 15.5. The maximum Gasteiger partial charge on any atom is 0.280 e. The number of nitrogens with zero attached hydrogens (tertiary/aromatic N) is 4. The Kier molecular flexibility index (Phi) is 8.88. The number of halogens is 1. The number of hydrogen-bond acceptors (Lipinski definition) is 8. The number of pyridine rings is 1. The van der Waals surface area contributed by atoms with Crippen molar-refractivity contribution in [3.8, 4) is 6.07 Å². The summed E-state index contributed by atoms with van der Waals surface area (Å²) in [6, 6.07) is 13.0. The van der Waals surface area contributed by atoms with Crippen LogP contribution in [-0.2, 0) is 11.3 Å². The number of amides is 1. The zero-order valence-electron chi connectivity index (χ0n) is 17.7. The third-order valence-electron chi connectivity index (χ3n) is 4.41. The van der Waals surface area contributed by atoms with Crippen LogP contribution >= 0.6 is 34.9 Å². The summed E-state index contributed by atoms with van der Waals surface area (Å²) in [5.41, 5.74) is 2.60. The van der Waals surface area contributed by atoms with Crippen LogP contribution in [0, 0.1) is 18.3 Å². The number of ether oxygens (including phenoxy) is 1. The van der Waals surface area contributed by atoms with Crippen LogP contribution in [0.5, 0.6) is 0 Å². The first-order valence-corrected chi connectivity index (χ1v) is 12.0. The molecule has 0 spiro atoms. The van der Waals surface area contributed by atoms with Crippen LogP contribution in [0.25, 0.3) is 0 Å². The highest BCUT2D eigenvalue weighted by Crippen LogP contribution is 2.33. The van der Waals surface area contributed by atoms with E-state index in [4.69, 9.17) is 21.6 Å². The average molecular weight is 488 g/mol. The summed E-state index contributed by atoms with van der Waals surface area (Å²) >= 11 is 8.75. The molecule has 3 rings (SSSR count). The molecule has 3 aromatic rings. The largest absolute Gasteiger partial charge is 0.385 e. The number of hydrogen-bond donors (Lipinski definition) is 1. The Bertz CT molecular complexity index is 1080. The predicted octanol–water partition coefficient (Wildman–Crippen LogP) is 5.12. The molecular formula is C22H22ClN5O2S2. The summed E-state index contributed by atoms with van der Waals surface area (Å²) in [6.07, 6.45) is 2.45. The van der Waals surface area contributed by atoms with Crippen LogP contribution < -0.4 is 9.62 Å². The lowest BCUT2D eigenvalue weighted by atomic mass is 10.2. The SMILES string of the molecule is COCCCSNC(=O)c1nc(N(Cc2ccc(Cl)cn2)c2ccc(C#N)cc2)sc1C. The second-order valence-electron chi connectivity index (χ2n) is 6.74. The Morgan fingerprint density at radius 2 is 2.09 bits per heavy atom. The molecule has 10 heteroatoms. The van der Waals surface area contributed by atoms with Crippen LogP contribution in [0.2, 0.25) is 5.02 Å². The minimum absolute atomic E-state index is 0.225. The van der Waals surface area contributed by atoms with Crippen molar-refractivity contribution in [2.45, 2.75) is 19.9 Å². The van der Waals surface area contributed by atoms with Crippen LogP contribution in [-0.4, -0.2) is 35.3 Å². The first-order valence-electron chi connectivity index (χ1n) is 9.78. The molecular weight excluding hydrogens is 466 g/mol. The van der Waals surface area contributed by atoms with Gasteiger partial charge in [0.25, 0.3) is 5.91 Å². The summed E-state index contributed by atoms with van der Waals surface area (Å²) in [5.74, 6) is 0.534. The normalized spacial score (nSPS) is 10.6. The third kappa shape index (κ3) is 6.43. The van der Waals surface area contributed by atoms with Gasteiger partial charge in [0.2, 0.25) is 0 Å².